The summed E-state index contributed by atoms with van der Waals surface area (Å²) in [6.07, 6.45) is 3.97. The van der Waals surface area contributed by atoms with Crippen molar-refractivity contribution < 1.29 is 4.42 Å². The number of fused-ring (bicyclic) bond motifs is 1. The highest BCUT2D eigenvalue weighted by molar-refractivity contribution is 5.93. The normalized spacial score (nSPS) is 14.0. The molecule has 1 aliphatic rings. The second kappa shape index (κ2) is 6.32. The van der Waals surface area contributed by atoms with E-state index in [1.165, 1.54) is 6.20 Å². The van der Waals surface area contributed by atoms with Crippen LogP contribution >= 0.6 is 0 Å². The summed E-state index contributed by atoms with van der Waals surface area (Å²) in [6, 6.07) is 9.39. The van der Waals surface area contributed by atoms with Crippen LogP contribution in [0.2, 0.25) is 0 Å². The average Bonchev–Trinajstić information content (AvgIpc) is 3.03. The van der Waals surface area contributed by atoms with Crippen molar-refractivity contribution in [2.24, 2.45) is 4.99 Å². The van der Waals surface area contributed by atoms with Gasteiger partial charge in [-0.2, -0.15) is 5.26 Å². The lowest BCUT2D eigenvalue weighted by Crippen LogP contribution is -2.34. The molecule has 5 nitrogen and oxygen atoms in total. The number of aliphatic imine (C=N–C) groups is 1. The Kier molecular flexibility index (Phi) is 4.07. The van der Waals surface area contributed by atoms with Crippen LogP contribution in [0.1, 0.15) is 17.0 Å². The van der Waals surface area contributed by atoms with Crippen molar-refractivity contribution in [3.8, 4) is 17.5 Å². The van der Waals surface area contributed by atoms with Gasteiger partial charge < -0.3 is 9.32 Å². The number of hydrogen-bond acceptors (Lipinski definition) is 4. The van der Waals surface area contributed by atoms with Crippen molar-refractivity contribution in [1.82, 2.24) is 9.88 Å². The zero-order valence-electron chi connectivity index (χ0n) is 12.7. The number of rotatable bonds is 3. The Morgan fingerprint density at radius 2 is 2.30 bits per heavy atom. The van der Waals surface area contributed by atoms with Gasteiger partial charge in [0.2, 0.25) is 5.89 Å². The van der Waals surface area contributed by atoms with Crippen molar-refractivity contribution >= 4 is 5.84 Å². The van der Waals surface area contributed by atoms with Gasteiger partial charge in [-0.3, -0.25) is 0 Å². The van der Waals surface area contributed by atoms with Gasteiger partial charge in [0.15, 0.2) is 0 Å². The highest BCUT2D eigenvalue weighted by Gasteiger charge is 2.23. The van der Waals surface area contributed by atoms with Crippen LogP contribution in [-0.4, -0.2) is 22.3 Å². The Balaban J connectivity index is 1.89. The molecule has 1 aromatic carbocycles. The summed E-state index contributed by atoms with van der Waals surface area (Å²) in [5.74, 6) is 2.22. The molecule has 0 saturated heterocycles. The van der Waals surface area contributed by atoms with E-state index in [2.05, 4.69) is 34.1 Å². The van der Waals surface area contributed by atoms with E-state index in [0.29, 0.717) is 18.0 Å². The first-order chi connectivity index (χ1) is 11.2. The number of nitrogens with zero attached hydrogens (tertiary/aromatic N) is 4. The second-order valence-corrected chi connectivity index (χ2v) is 5.13. The summed E-state index contributed by atoms with van der Waals surface area (Å²) in [5.41, 5.74) is 2.30. The molecule has 0 saturated carbocycles. The molecule has 1 aliphatic heterocycles. The van der Waals surface area contributed by atoms with Crippen LogP contribution in [0, 0.1) is 11.3 Å². The summed E-state index contributed by atoms with van der Waals surface area (Å²) in [4.78, 5) is 10.9. The van der Waals surface area contributed by atoms with Crippen LogP contribution < -0.4 is 0 Å². The van der Waals surface area contributed by atoms with Gasteiger partial charge in [0.05, 0.1) is 18.2 Å². The van der Waals surface area contributed by atoms with Crippen LogP contribution in [0.4, 0.5) is 0 Å². The largest absolute Gasteiger partial charge is 0.441 e. The fourth-order valence-electron chi connectivity index (χ4n) is 2.60. The Morgan fingerprint density at radius 1 is 1.43 bits per heavy atom. The van der Waals surface area contributed by atoms with Crippen molar-refractivity contribution in [1.29, 1.82) is 5.26 Å². The lowest BCUT2D eigenvalue weighted by molar-refractivity contribution is 0.361. The van der Waals surface area contributed by atoms with Crippen LogP contribution in [0.15, 0.2) is 59.1 Å². The molecule has 2 aromatic rings. The van der Waals surface area contributed by atoms with Gasteiger partial charge in [0, 0.05) is 24.7 Å². The Hall–Kier alpha value is -3.13. The average molecular weight is 304 g/mol. The molecule has 0 amide bonds. The fourth-order valence-corrected chi connectivity index (χ4v) is 2.60. The predicted molar refractivity (Wildman–Crippen MR) is 88.6 cm³/mol. The van der Waals surface area contributed by atoms with Crippen LogP contribution in [0.5, 0.6) is 0 Å². The van der Waals surface area contributed by atoms with E-state index >= 15 is 0 Å². The van der Waals surface area contributed by atoms with Crippen molar-refractivity contribution in [2.45, 2.75) is 13.0 Å². The van der Waals surface area contributed by atoms with Gasteiger partial charge in [0.1, 0.15) is 17.3 Å². The summed E-state index contributed by atoms with van der Waals surface area (Å²) >= 11 is 0. The number of oxazole rings is 1. The molecule has 0 unspecified atom stereocenters. The van der Waals surface area contributed by atoms with Crippen LogP contribution in [0.3, 0.4) is 0 Å². The van der Waals surface area contributed by atoms with E-state index in [1.54, 1.807) is 18.2 Å². The SMILES string of the molecule is C=CN=C(C=C)N1CCc2oc(-c3cccc(C#N)c3)nc2C1. The van der Waals surface area contributed by atoms with Crippen molar-refractivity contribution in [3.63, 3.8) is 0 Å². The molecule has 0 N–H and O–H groups in total. The zero-order valence-corrected chi connectivity index (χ0v) is 12.7. The monoisotopic (exact) mass is 304 g/mol. The first-order valence-corrected chi connectivity index (χ1v) is 7.30. The zero-order chi connectivity index (χ0) is 16.2. The Labute approximate surface area is 134 Å². The predicted octanol–water partition coefficient (Wildman–Crippen LogP) is 3.30. The molecule has 0 spiro atoms. The highest BCUT2D eigenvalue weighted by Crippen LogP contribution is 2.26. The summed E-state index contributed by atoms with van der Waals surface area (Å²) in [6.45, 7) is 8.82. The molecule has 114 valence electrons. The van der Waals surface area contributed by atoms with Gasteiger partial charge in [0.25, 0.3) is 0 Å². The highest BCUT2D eigenvalue weighted by atomic mass is 16.4. The number of amidine groups is 1. The molecule has 0 bridgehead atoms. The van der Waals surface area contributed by atoms with Crippen molar-refractivity contribution in [3.05, 3.63) is 66.7 Å². The van der Waals surface area contributed by atoms with E-state index in [-0.39, 0.29) is 0 Å². The van der Waals surface area contributed by atoms with E-state index in [1.807, 2.05) is 12.1 Å². The molecule has 0 fully saturated rings. The van der Waals surface area contributed by atoms with E-state index in [9.17, 15) is 0 Å². The lowest BCUT2D eigenvalue weighted by atomic mass is 10.1. The third kappa shape index (κ3) is 2.92. The second-order valence-electron chi connectivity index (χ2n) is 5.13. The molecule has 3 rings (SSSR count). The maximum absolute atomic E-state index is 9.01. The quantitative estimate of drug-likeness (QED) is 0.644. The molecular formula is C18H16N4O. The number of hydrogen-bond donors (Lipinski definition) is 0. The smallest absolute Gasteiger partial charge is 0.226 e. The van der Waals surface area contributed by atoms with Gasteiger partial charge >= 0.3 is 0 Å². The minimum Gasteiger partial charge on any atom is -0.441 e. The molecular weight excluding hydrogens is 288 g/mol. The fraction of sp³-hybridized carbons (Fsp3) is 0.167. The first kappa shape index (κ1) is 14.8. The van der Waals surface area contributed by atoms with Crippen molar-refractivity contribution in [2.75, 3.05) is 6.54 Å². The summed E-state index contributed by atoms with van der Waals surface area (Å²) < 4.78 is 5.88. The van der Waals surface area contributed by atoms with Gasteiger partial charge in [-0.25, -0.2) is 9.98 Å². The summed E-state index contributed by atoms with van der Waals surface area (Å²) in [7, 11) is 0. The van der Waals surface area contributed by atoms with Gasteiger partial charge in [-0.1, -0.05) is 19.2 Å². The third-order valence-corrected chi connectivity index (χ3v) is 3.70. The lowest BCUT2D eigenvalue weighted by Gasteiger charge is -2.26. The van der Waals surface area contributed by atoms with Gasteiger partial charge in [-0.05, 0) is 24.3 Å². The minimum absolute atomic E-state index is 0.551. The molecule has 1 aromatic heterocycles. The van der Waals surface area contributed by atoms with Crippen LogP contribution in [-0.2, 0) is 13.0 Å². The summed E-state index contributed by atoms with van der Waals surface area (Å²) in [5, 5.41) is 9.01. The molecule has 5 heteroatoms. The number of benzene rings is 1. The maximum Gasteiger partial charge on any atom is 0.226 e. The topological polar surface area (TPSA) is 65.4 Å². The van der Waals surface area contributed by atoms with E-state index in [4.69, 9.17) is 9.68 Å². The Morgan fingerprint density at radius 3 is 3.04 bits per heavy atom. The van der Waals surface area contributed by atoms with E-state index < -0.39 is 0 Å². The maximum atomic E-state index is 9.01. The first-order valence-electron chi connectivity index (χ1n) is 7.30. The molecule has 0 atom stereocenters. The minimum atomic E-state index is 0.551. The molecule has 0 radical (unpaired) electrons. The number of aromatic nitrogens is 1. The van der Waals surface area contributed by atoms with Gasteiger partial charge in [-0.15, -0.1) is 0 Å². The molecule has 2 heterocycles. The third-order valence-electron chi connectivity index (χ3n) is 3.70. The Bertz CT molecular complexity index is 826. The van der Waals surface area contributed by atoms with Crippen LogP contribution in [0.25, 0.3) is 11.5 Å². The molecule has 23 heavy (non-hydrogen) atoms. The van der Waals surface area contributed by atoms with E-state index in [0.717, 1.165) is 35.8 Å². The standard InChI is InChI=1S/C18H16N4O/c1-3-17(20-4-2)22-9-8-16-15(12-22)21-18(23-16)14-7-5-6-13(10-14)11-19/h3-7,10H,1-2,8-9,12H2. The number of nitriles is 1. The molecule has 0 aliphatic carbocycles.